The molecule has 6 nitrogen and oxygen atoms in total. The van der Waals surface area contributed by atoms with Crippen LogP contribution < -0.4 is 10.1 Å². The number of benzene rings is 1. The molecule has 1 heterocycles. The van der Waals surface area contributed by atoms with Crippen LogP contribution in [-0.4, -0.2) is 23.1 Å². The molecule has 0 aliphatic heterocycles. The minimum Gasteiger partial charge on any atom is -0.487 e. The Balaban J connectivity index is 1.71. The molecule has 1 fully saturated rings. The lowest BCUT2D eigenvalue weighted by Gasteiger charge is -2.14. The molecule has 0 spiro atoms. The average Bonchev–Trinajstić information content (AvgIpc) is 3.26. The third-order valence-corrected chi connectivity index (χ3v) is 4.37. The zero-order valence-electron chi connectivity index (χ0n) is 14.4. The van der Waals surface area contributed by atoms with E-state index in [1.54, 1.807) is 6.92 Å². The van der Waals surface area contributed by atoms with Crippen molar-refractivity contribution in [2.24, 2.45) is 0 Å². The van der Waals surface area contributed by atoms with E-state index in [1.807, 2.05) is 0 Å². The molecule has 0 unspecified atom stereocenters. The summed E-state index contributed by atoms with van der Waals surface area (Å²) in [5.74, 6) is -2.12. The van der Waals surface area contributed by atoms with E-state index in [9.17, 15) is 14.0 Å². The largest absolute Gasteiger partial charge is 0.487 e. The van der Waals surface area contributed by atoms with Crippen LogP contribution in [-0.2, 0) is 6.42 Å². The summed E-state index contributed by atoms with van der Waals surface area (Å²) in [6.45, 7) is 1.73. The Labute approximate surface area is 150 Å². The summed E-state index contributed by atoms with van der Waals surface area (Å²) in [5.41, 5.74) is 0.182. The minimum atomic E-state index is -1.16. The zero-order chi connectivity index (χ0) is 18.7. The molecule has 7 heteroatoms. The lowest BCUT2D eigenvalue weighted by atomic mass is 10.2. The highest BCUT2D eigenvalue weighted by molar-refractivity contribution is 6.04. The van der Waals surface area contributed by atoms with Crippen molar-refractivity contribution in [2.75, 3.05) is 5.32 Å². The van der Waals surface area contributed by atoms with Gasteiger partial charge < -0.3 is 19.6 Å². The number of aromatic carboxylic acids is 1. The number of hydrogen-bond donors (Lipinski definition) is 2. The number of anilines is 1. The van der Waals surface area contributed by atoms with Gasteiger partial charge in [0.05, 0.1) is 6.10 Å². The Kier molecular flexibility index (Phi) is 5.25. The molecule has 0 bridgehead atoms. The van der Waals surface area contributed by atoms with Crippen molar-refractivity contribution in [1.29, 1.82) is 0 Å². The maximum Gasteiger partial charge on any atom is 0.339 e. The number of aryl methyl sites for hydroxylation is 1. The molecule has 138 valence electrons. The first-order valence-electron chi connectivity index (χ1n) is 8.61. The molecule has 0 radical (unpaired) electrons. The van der Waals surface area contributed by atoms with Crippen molar-refractivity contribution >= 4 is 17.6 Å². The van der Waals surface area contributed by atoms with E-state index < -0.39 is 17.7 Å². The Morgan fingerprint density at radius 2 is 2.04 bits per heavy atom. The highest BCUT2D eigenvalue weighted by Gasteiger charge is 2.21. The molecule has 0 saturated heterocycles. The van der Waals surface area contributed by atoms with Crippen LogP contribution in [0, 0.1) is 5.82 Å². The molecule has 1 aliphatic carbocycles. The van der Waals surface area contributed by atoms with Gasteiger partial charge in [0, 0.05) is 24.2 Å². The Morgan fingerprint density at radius 1 is 1.31 bits per heavy atom. The van der Waals surface area contributed by atoms with Crippen molar-refractivity contribution in [2.45, 2.75) is 45.1 Å². The highest BCUT2D eigenvalue weighted by Crippen LogP contribution is 2.28. The van der Waals surface area contributed by atoms with Crippen molar-refractivity contribution in [1.82, 2.24) is 0 Å². The predicted octanol–water partition coefficient (Wildman–Crippen LogP) is 4.25. The number of halogens is 1. The number of hydrogen-bond acceptors (Lipinski definition) is 4. The van der Waals surface area contributed by atoms with Crippen LogP contribution in [0.3, 0.4) is 0 Å². The Bertz CT molecular complexity index is 823. The van der Waals surface area contributed by atoms with Gasteiger partial charge in [-0.05, 0) is 37.8 Å². The molecule has 1 aromatic heterocycles. The van der Waals surface area contributed by atoms with E-state index in [2.05, 4.69) is 5.32 Å². The second kappa shape index (κ2) is 7.59. The van der Waals surface area contributed by atoms with Gasteiger partial charge in [0.15, 0.2) is 17.3 Å². The Morgan fingerprint density at radius 3 is 2.62 bits per heavy atom. The van der Waals surface area contributed by atoms with Crippen LogP contribution in [0.2, 0.25) is 0 Å². The summed E-state index contributed by atoms with van der Waals surface area (Å²) < 4.78 is 25.1. The molecule has 2 aromatic rings. The maximum absolute atomic E-state index is 14.2. The fourth-order valence-corrected chi connectivity index (χ4v) is 3.04. The third kappa shape index (κ3) is 3.87. The molecule has 1 aliphatic rings. The molecule has 1 aromatic carbocycles. The van der Waals surface area contributed by atoms with Gasteiger partial charge in [-0.2, -0.15) is 0 Å². The first-order valence-corrected chi connectivity index (χ1v) is 8.61. The second-order valence-electron chi connectivity index (χ2n) is 6.23. The van der Waals surface area contributed by atoms with Gasteiger partial charge in [0.2, 0.25) is 0 Å². The third-order valence-electron chi connectivity index (χ3n) is 4.37. The molecule has 3 rings (SSSR count). The standard InChI is InChI=1S/C19H20FNO5/c1-2-15-13(19(23)24)10-17(26-15)18(22)21-11-7-8-16(14(20)9-11)25-12-5-3-4-6-12/h7-10,12H,2-6H2,1H3,(H,21,22)(H,23,24). The zero-order valence-corrected chi connectivity index (χ0v) is 14.4. The van der Waals surface area contributed by atoms with Gasteiger partial charge in [-0.25, -0.2) is 9.18 Å². The first kappa shape index (κ1) is 18.0. The second-order valence-corrected chi connectivity index (χ2v) is 6.23. The molecular weight excluding hydrogens is 341 g/mol. The quantitative estimate of drug-likeness (QED) is 0.803. The summed E-state index contributed by atoms with van der Waals surface area (Å²) in [5, 5.41) is 11.6. The molecule has 0 atom stereocenters. The maximum atomic E-state index is 14.2. The van der Waals surface area contributed by atoms with E-state index in [0.717, 1.165) is 25.7 Å². The molecule has 1 saturated carbocycles. The fourth-order valence-electron chi connectivity index (χ4n) is 3.04. The molecule has 26 heavy (non-hydrogen) atoms. The van der Waals surface area contributed by atoms with Gasteiger partial charge in [0.25, 0.3) is 5.91 Å². The monoisotopic (exact) mass is 361 g/mol. The van der Waals surface area contributed by atoms with Crippen LogP contribution >= 0.6 is 0 Å². The van der Waals surface area contributed by atoms with Crippen LogP contribution in [0.1, 0.15) is 59.3 Å². The summed E-state index contributed by atoms with van der Waals surface area (Å²) in [6, 6.07) is 5.35. The van der Waals surface area contributed by atoms with Gasteiger partial charge in [-0.15, -0.1) is 0 Å². The van der Waals surface area contributed by atoms with Crippen LogP contribution in [0.15, 0.2) is 28.7 Å². The number of carbonyl (C=O) groups excluding carboxylic acids is 1. The number of rotatable bonds is 6. The van der Waals surface area contributed by atoms with Crippen molar-refractivity contribution in [3.63, 3.8) is 0 Å². The number of carbonyl (C=O) groups is 2. The molecule has 2 N–H and O–H groups in total. The molecule has 1 amide bonds. The SMILES string of the molecule is CCc1oc(C(=O)Nc2ccc(OC3CCCC3)c(F)c2)cc1C(=O)O. The van der Waals surface area contributed by atoms with Crippen LogP contribution in [0.25, 0.3) is 0 Å². The Hall–Kier alpha value is -2.83. The van der Waals surface area contributed by atoms with Crippen molar-refractivity contribution < 1.29 is 28.2 Å². The highest BCUT2D eigenvalue weighted by atomic mass is 19.1. The number of amides is 1. The van der Waals surface area contributed by atoms with E-state index in [4.69, 9.17) is 14.3 Å². The normalized spacial score (nSPS) is 14.4. The number of ether oxygens (including phenoxy) is 1. The topological polar surface area (TPSA) is 88.8 Å². The number of carboxylic acids is 1. The number of carboxylic acid groups (broad SMARTS) is 1. The van der Waals surface area contributed by atoms with Crippen molar-refractivity contribution in [3.8, 4) is 5.75 Å². The summed E-state index contributed by atoms with van der Waals surface area (Å²) in [4.78, 5) is 23.4. The average molecular weight is 361 g/mol. The van der Waals surface area contributed by atoms with Crippen LogP contribution in [0.5, 0.6) is 5.75 Å². The van der Waals surface area contributed by atoms with Gasteiger partial charge in [0.1, 0.15) is 11.3 Å². The van der Waals surface area contributed by atoms with E-state index in [1.165, 1.54) is 24.3 Å². The summed E-state index contributed by atoms with van der Waals surface area (Å²) in [6.07, 6.45) is 4.39. The molecular formula is C19H20FNO5. The van der Waals surface area contributed by atoms with Crippen LogP contribution in [0.4, 0.5) is 10.1 Å². The van der Waals surface area contributed by atoms with Gasteiger partial charge in [-0.1, -0.05) is 6.92 Å². The van der Waals surface area contributed by atoms with E-state index >= 15 is 0 Å². The lowest BCUT2D eigenvalue weighted by molar-refractivity contribution is 0.0694. The van der Waals surface area contributed by atoms with Gasteiger partial charge >= 0.3 is 5.97 Å². The fraction of sp³-hybridized carbons (Fsp3) is 0.368. The summed E-state index contributed by atoms with van der Waals surface area (Å²) in [7, 11) is 0. The first-order chi connectivity index (χ1) is 12.5. The predicted molar refractivity (Wildman–Crippen MR) is 92.3 cm³/mol. The number of furan rings is 1. The summed E-state index contributed by atoms with van der Waals surface area (Å²) >= 11 is 0. The van der Waals surface area contributed by atoms with Gasteiger partial charge in [-0.3, -0.25) is 4.79 Å². The van der Waals surface area contributed by atoms with E-state index in [0.29, 0.717) is 6.42 Å². The van der Waals surface area contributed by atoms with E-state index in [-0.39, 0.29) is 34.6 Å². The lowest BCUT2D eigenvalue weighted by Crippen LogP contribution is -2.13. The number of nitrogens with one attached hydrogen (secondary N) is 1. The smallest absolute Gasteiger partial charge is 0.339 e. The minimum absolute atomic E-state index is 0.0370. The van der Waals surface area contributed by atoms with Crippen molar-refractivity contribution in [3.05, 3.63) is 47.2 Å².